The summed E-state index contributed by atoms with van der Waals surface area (Å²) in [5.74, 6) is -0.669. The molecule has 0 bridgehead atoms. The number of hydrogen-bond acceptors (Lipinski definition) is 4. The predicted octanol–water partition coefficient (Wildman–Crippen LogP) is 6.84. The fourth-order valence-electron chi connectivity index (χ4n) is 3.99. The van der Waals surface area contributed by atoms with Crippen LogP contribution in [-0.4, -0.2) is 20.7 Å². The zero-order chi connectivity index (χ0) is 24.2. The molecule has 4 nitrogen and oxygen atoms in total. The molecule has 0 spiro atoms. The normalized spacial score (nSPS) is 11.0. The van der Waals surface area contributed by atoms with E-state index in [1.807, 2.05) is 12.1 Å². The summed E-state index contributed by atoms with van der Waals surface area (Å²) < 4.78 is 27.1. The quantitative estimate of drug-likeness (QED) is 0.247. The minimum atomic E-state index is -0.356. The fraction of sp³-hybridized carbons (Fsp3) is 0.103. The second kappa shape index (κ2) is 9.89. The van der Waals surface area contributed by atoms with Crippen LogP contribution >= 0.6 is 0 Å². The molecule has 2 heterocycles. The van der Waals surface area contributed by atoms with E-state index in [9.17, 15) is 13.6 Å². The maximum Gasteiger partial charge on any atom is 0.162 e. The zero-order valence-electron chi connectivity index (χ0n) is 18.8. The van der Waals surface area contributed by atoms with Crippen LogP contribution < -0.4 is 0 Å². The number of aromatic nitrogens is 3. The van der Waals surface area contributed by atoms with Crippen molar-refractivity contribution in [3.8, 4) is 22.5 Å². The van der Waals surface area contributed by atoms with E-state index in [1.165, 1.54) is 24.3 Å². The highest BCUT2D eigenvalue weighted by Gasteiger charge is 2.15. The Bertz CT molecular complexity index is 1490. The lowest BCUT2D eigenvalue weighted by Gasteiger charge is -2.11. The summed E-state index contributed by atoms with van der Waals surface area (Å²) >= 11 is 0. The van der Waals surface area contributed by atoms with Crippen LogP contribution in [-0.2, 0) is 6.42 Å². The average Bonchev–Trinajstić information content (AvgIpc) is 2.89. The predicted molar refractivity (Wildman–Crippen MR) is 132 cm³/mol. The molecular formula is C29H21F2N3O. The first-order valence-electron chi connectivity index (χ1n) is 11.3. The lowest BCUT2D eigenvalue weighted by atomic mass is 10.0. The molecule has 3 aromatic carbocycles. The maximum atomic E-state index is 13.6. The molecule has 0 aliphatic carbocycles. The number of hydrogen-bond donors (Lipinski definition) is 0. The van der Waals surface area contributed by atoms with Gasteiger partial charge in [0.1, 0.15) is 11.6 Å². The van der Waals surface area contributed by atoms with Gasteiger partial charge in [0.05, 0.1) is 22.4 Å². The Balaban J connectivity index is 1.49. The SMILES string of the molecule is O=C(CCCc1ccncc1)c1ccc2nc(-c3ccc(F)cc3)c(-c3ccc(F)cc3)nc2c1. The van der Waals surface area contributed by atoms with E-state index in [0.717, 1.165) is 18.4 Å². The minimum Gasteiger partial charge on any atom is -0.294 e. The number of rotatable bonds is 7. The molecule has 0 N–H and O–H groups in total. The molecule has 0 radical (unpaired) electrons. The zero-order valence-corrected chi connectivity index (χ0v) is 18.8. The molecule has 5 aromatic rings. The molecule has 0 fully saturated rings. The number of carbonyl (C=O) groups excluding carboxylic acids is 1. The molecule has 2 aromatic heterocycles. The van der Waals surface area contributed by atoms with Crippen LogP contribution in [0.2, 0.25) is 0 Å². The summed E-state index contributed by atoms with van der Waals surface area (Å²) in [6.07, 6.45) is 5.45. The van der Waals surface area contributed by atoms with E-state index in [1.54, 1.807) is 54.9 Å². The number of nitrogens with zero attached hydrogens (tertiary/aromatic N) is 3. The largest absolute Gasteiger partial charge is 0.294 e. The number of Topliss-reactive ketones (excluding diaryl/α,β-unsaturated/α-hetero) is 1. The van der Waals surface area contributed by atoms with Gasteiger partial charge in [-0.25, -0.2) is 18.7 Å². The Morgan fingerprint density at radius 2 is 1.26 bits per heavy atom. The van der Waals surface area contributed by atoms with E-state index in [4.69, 9.17) is 9.97 Å². The van der Waals surface area contributed by atoms with Gasteiger partial charge in [0.2, 0.25) is 0 Å². The van der Waals surface area contributed by atoms with Gasteiger partial charge in [-0.2, -0.15) is 0 Å². The monoisotopic (exact) mass is 465 g/mol. The van der Waals surface area contributed by atoms with E-state index in [-0.39, 0.29) is 17.4 Å². The highest BCUT2D eigenvalue weighted by Crippen LogP contribution is 2.31. The number of fused-ring (bicyclic) bond motifs is 1. The van der Waals surface area contributed by atoms with Crippen molar-refractivity contribution in [2.75, 3.05) is 0 Å². The van der Waals surface area contributed by atoms with Gasteiger partial charge in [-0.15, -0.1) is 0 Å². The summed E-state index contributed by atoms with van der Waals surface area (Å²) in [5.41, 5.74) is 5.35. The number of halogens is 2. The third-order valence-electron chi connectivity index (χ3n) is 5.84. The van der Waals surface area contributed by atoms with Gasteiger partial charge in [0.25, 0.3) is 0 Å². The summed E-state index contributed by atoms with van der Waals surface area (Å²) in [6.45, 7) is 0. The minimum absolute atomic E-state index is 0.0358. The summed E-state index contributed by atoms with van der Waals surface area (Å²) in [7, 11) is 0. The summed E-state index contributed by atoms with van der Waals surface area (Å²) in [5, 5.41) is 0. The average molecular weight is 466 g/mol. The van der Waals surface area contributed by atoms with Crippen molar-refractivity contribution < 1.29 is 13.6 Å². The van der Waals surface area contributed by atoms with Crippen molar-refractivity contribution in [1.29, 1.82) is 0 Å². The number of pyridine rings is 1. The second-order valence-electron chi connectivity index (χ2n) is 8.27. The van der Waals surface area contributed by atoms with Gasteiger partial charge in [0, 0.05) is 35.5 Å². The van der Waals surface area contributed by atoms with Gasteiger partial charge < -0.3 is 0 Å². The van der Waals surface area contributed by atoms with E-state index in [0.29, 0.717) is 45.5 Å². The molecule has 5 rings (SSSR count). The Hall–Kier alpha value is -4.32. The van der Waals surface area contributed by atoms with E-state index in [2.05, 4.69) is 4.98 Å². The van der Waals surface area contributed by atoms with Crippen molar-refractivity contribution in [2.24, 2.45) is 0 Å². The lowest BCUT2D eigenvalue weighted by molar-refractivity contribution is 0.0980. The Morgan fingerprint density at radius 1 is 0.686 bits per heavy atom. The molecule has 35 heavy (non-hydrogen) atoms. The van der Waals surface area contributed by atoms with Gasteiger partial charge in [0.15, 0.2) is 5.78 Å². The molecule has 0 saturated heterocycles. The highest BCUT2D eigenvalue weighted by atomic mass is 19.1. The van der Waals surface area contributed by atoms with Crippen LogP contribution in [0.3, 0.4) is 0 Å². The van der Waals surface area contributed by atoms with Crippen LogP contribution in [0.1, 0.15) is 28.8 Å². The molecule has 0 saturated carbocycles. The van der Waals surface area contributed by atoms with Crippen LogP contribution in [0, 0.1) is 11.6 Å². The molecule has 0 aliphatic rings. The molecular weight excluding hydrogens is 444 g/mol. The first-order chi connectivity index (χ1) is 17.1. The fourth-order valence-corrected chi connectivity index (χ4v) is 3.99. The first-order valence-corrected chi connectivity index (χ1v) is 11.3. The Kier molecular flexibility index (Phi) is 6.35. The second-order valence-corrected chi connectivity index (χ2v) is 8.27. The van der Waals surface area contributed by atoms with Crippen molar-refractivity contribution in [2.45, 2.75) is 19.3 Å². The van der Waals surface area contributed by atoms with Gasteiger partial charge in [-0.1, -0.05) is 0 Å². The molecule has 0 aliphatic heterocycles. The standard InChI is InChI=1S/C29H21F2N3O/c30-23-9-4-20(5-10-23)28-29(21-6-11-24(31)12-7-21)34-26-18-22(8-13-25(26)33-28)27(35)3-1-2-19-14-16-32-17-15-19/h4-18H,1-3H2. The van der Waals surface area contributed by atoms with Crippen LogP contribution in [0.4, 0.5) is 8.78 Å². The smallest absolute Gasteiger partial charge is 0.162 e. The van der Waals surface area contributed by atoms with Crippen molar-refractivity contribution in [3.63, 3.8) is 0 Å². The van der Waals surface area contributed by atoms with E-state index >= 15 is 0 Å². The highest BCUT2D eigenvalue weighted by molar-refractivity contribution is 5.99. The number of benzene rings is 3. The van der Waals surface area contributed by atoms with Crippen LogP contribution in [0.5, 0.6) is 0 Å². The van der Waals surface area contributed by atoms with Crippen molar-refractivity contribution >= 4 is 16.8 Å². The van der Waals surface area contributed by atoms with Crippen molar-refractivity contribution in [1.82, 2.24) is 15.0 Å². The molecule has 0 amide bonds. The summed E-state index contributed by atoms with van der Waals surface area (Å²) in [6, 6.07) is 21.2. The Labute approximate surface area is 201 Å². The number of aryl methyl sites for hydroxylation is 1. The molecule has 172 valence electrons. The maximum absolute atomic E-state index is 13.6. The Morgan fingerprint density at radius 3 is 1.86 bits per heavy atom. The lowest BCUT2D eigenvalue weighted by Crippen LogP contribution is -2.02. The topological polar surface area (TPSA) is 55.7 Å². The van der Waals surface area contributed by atoms with Crippen molar-refractivity contribution in [3.05, 3.63) is 114 Å². The summed E-state index contributed by atoms with van der Waals surface area (Å²) in [4.78, 5) is 26.5. The van der Waals surface area contributed by atoms with Crippen LogP contribution in [0.25, 0.3) is 33.5 Å². The van der Waals surface area contributed by atoms with Gasteiger partial charge in [-0.3, -0.25) is 9.78 Å². The van der Waals surface area contributed by atoms with Crippen LogP contribution in [0.15, 0.2) is 91.3 Å². The molecule has 0 unspecified atom stereocenters. The van der Waals surface area contributed by atoms with Gasteiger partial charge >= 0.3 is 0 Å². The molecule has 0 atom stereocenters. The third kappa shape index (κ3) is 5.11. The molecule has 6 heteroatoms. The third-order valence-corrected chi connectivity index (χ3v) is 5.84. The number of carbonyl (C=O) groups is 1. The van der Waals surface area contributed by atoms with Gasteiger partial charge in [-0.05, 0) is 97.3 Å². The van der Waals surface area contributed by atoms with E-state index < -0.39 is 0 Å². The number of ketones is 1. The first kappa shape index (κ1) is 22.5.